The summed E-state index contributed by atoms with van der Waals surface area (Å²) in [7, 11) is 0. The quantitative estimate of drug-likeness (QED) is 0.00542. The lowest BCUT2D eigenvalue weighted by Crippen LogP contribution is -2.82. The van der Waals surface area contributed by atoms with Gasteiger partial charge < -0.3 is 76.5 Å². The van der Waals surface area contributed by atoms with Gasteiger partial charge >= 0.3 is 42.0 Å². The van der Waals surface area contributed by atoms with E-state index in [0.717, 1.165) is 13.8 Å². The van der Waals surface area contributed by atoms with Crippen molar-refractivity contribution in [3.63, 3.8) is 0 Å². The number of hydrogen-bond acceptors (Lipinski definition) is 21. The number of carboxylic acids is 1. The molecular formula is C78H87ClF3N7O21. The van der Waals surface area contributed by atoms with Gasteiger partial charge in [-0.15, -0.1) is 11.6 Å². The third-order valence-electron chi connectivity index (χ3n) is 20.1. The van der Waals surface area contributed by atoms with Crippen LogP contribution in [0.25, 0.3) is 0 Å². The number of guanidine groups is 1. The number of ether oxygens (including phenoxy) is 6. The number of aliphatic carboxylic acids is 1. The normalized spacial score (nSPS) is 23.5. The van der Waals surface area contributed by atoms with Gasteiger partial charge in [0.25, 0.3) is 5.91 Å². The second-order valence-corrected chi connectivity index (χ2v) is 28.1. The topological polar surface area (TPSA) is 433 Å². The third kappa shape index (κ3) is 19.9. The van der Waals surface area contributed by atoms with E-state index in [4.69, 9.17) is 61.4 Å². The molecular weight excluding hydrogens is 1460 g/mol. The van der Waals surface area contributed by atoms with Crippen LogP contribution in [0.2, 0.25) is 0 Å². The molecule has 0 aromatic heterocycles. The van der Waals surface area contributed by atoms with Gasteiger partial charge in [-0.25, -0.2) is 14.4 Å². The van der Waals surface area contributed by atoms with Crippen molar-refractivity contribution in [2.24, 2.45) is 33.2 Å². The summed E-state index contributed by atoms with van der Waals surface area (Å²) in [4.78, 5) is 172. The van der Waals surface area contributed by atoms with E-state index < -0.39 is 198 Å². The number of carbonyl (C=O) groups excluding carboxylic acids is 11. The van der Waals surface area contributed by atoms with Crippen molar-refractivity contribution in [1.29, 1.82) is 0 Å². The van der Waals surface area contributed by atoms with Crippen molar-refractivity contribution < 1.29 is 114 Å². The van der Waals surface area contributed by atoms with Gasteiger partial charge in [0.1, 0.15) is 42.0 Å². The lowest BCUT2D eigenvalue weighted by Gasteiger charge is -2.67. The molecule has 4 amide bonds. The Hall–Kier alpha value is -10.9. The summed E-state index contributed by atoms with van der Waals surface area (Å²) >= 11 is 5.98. The number of aliphatic imine (C=N–C) groups is 1. The monoisotopic (exact) mass is 1550 g/mol. The first kappa shape index (κ1) is 84.7. The number of aliphatic hydroxyl groups excluding tert-OH is 1. The highest BCUT2D eigenvalue weighted by molar-refractivity contribution is 6.28. The van der Waals surface area contributed by atoms with E-state index in [-0.39, 0.29) is 72.4 Å². The van der Waals surface area contributed by atoms with Crippen LogP contribution in [0.1, 0.15) is 124 Å². The number of halogens is 4. The predicted octanol–water partition coefficient (Wildman–Crippen LogP) is 5.50. The summed E-state index contributed by atoms with van der Waals surface area (Å²) in [6.45, 7) is 7.69. The molecule has 588 valence electrons. The van der Waals surface area contributed by atoms with E-state index >= 15 is 9.59 Å². The zero-order valence-corrected chi connectivity index (χ0v) is 61.6. The molecule has 1 saturated heterocycles. The minimum atomic E-state index is -5.08. The maximum atomic E-state index is 16.0. The average Bonchev–Trinajstić information content (AvgIpc) is 0.668. The van der Waals surface area contributed by atoms with Crippen LogP contribution in [0, 0.1) is 16.7 Å². The average molecular weight is 1550 g/mol. The molecule has 3 aliphatic carbocycles. The number of nitrogens with two attached hydrogens (primary N) is 2. The van der Waals surface area contributed by atoms with Crippen molar-refractivity contribution in [2.45, 2.75) is 171 Å². The molecule has 9 rings (SSSR count). The summed E-state index contributed by atoms with van der Waals surface area (Å²) in [5.41, 5.74) is 3.82. The molecule has 4 aliphatic rings. The number of aliphatic hydroxyl groups is 2. The van der Waals surface area contributed by atoms with E-state index in [1.54, 1.807) is 115 Å². The largest absolute Gasteiger partial charge is 0.490 e. The van der Waals surface area contributed by atoms with Crippen LogP contribution in [0.3, 0.4) is 0 Å². The molecule has 11 N–H and O–H groups in total. The Morgan fingerprint density at radius 2 is 1.22 bits per heavy atom. The molecule has 5 aromatic rings. The Balaban J connectivity index is 0.00000207. The molecule has 3 fully saturated rings. The smallest absolute Gasteiger partial charge is 0.475 e. The van der Waals surface area contributed by atoms with Crippen molar-refractivity contribution in [3.8, 4) is 0 Å². The number of amides is 4. The number of ketones is 2. The predicted molar refractivity (Wildman–Crippen MR) is 386 cm³/mol. The molecule has 110 heavy (non-hydrogen) atoms. The van der Waals surface area contributed by atoms with Gasteiger partial charge in [-0.05, 0) is 78.8 Å². The Morgan fingerprint density at radius 1 is 0.700 bits per heavy atom. The fraction of sp³-hybridized carbons (Fsp3) is 0.423. The maximum absolute atomic E-state index is 16.0. The number of carboxylic acid groups (broad SMARTS) is 1. The van der Waals surface area contributed by atoms with E-state index in [9.17, 15) is 66.5 Å². The Bertz CT molecular complexity index is 4250. The molecule has 32 heteroatoms. The molecule has 2 bridgehead atoms. The third-order valence-corrected chi connectivity index (χ3v) is 20.4. The molecule has 28 nitrogen and oxygen atoms in total. The molecule has 5 aromatic carbocycles. The van der Waals surface area contributed by atoms with Gasteiger partial charge in [0, 0.05) is 63.5 Å². The summed E-state index contributed by atoms with van der Waals surface area (Å²) < 4.78 is 69.0. The molecule has 0 unspecified atom stereocenters. The molecule has 0 radical (unpaired) electrons. The number of alkyl halides is 4. The number of esters is 5. The van der Waals surface area contributed by atoms with Gasteiger partial charge in [-0.3, -0.25) is 48.1 Å². The van der Waals surface area contributed by atoms with Gasteiger partial charge in [-0.1, -0.05) is 141 Å². The van der Waals surface area contributed by atoms with Crippen LogP contribution in [0.4, 0.5) is 13.2 Å². The minimum absolute atomic E-state index is 0.0158. The zero-order chi connectivity index (χ0) is 80.6. The number of fused-ring (bicyclic) bond motifs is 5. The van der Waals surface area contributed by atoms with E-state index in [2.05, 4.69) is 26.3 Å². The van der Waals surface area contributed by atoms with Crippen LogP contribution in [-0.4, -0.2) is 183 Å². The Kier molecular flexibility index (Phi) is 28.2. The molecule has 2 saturated carbocycles. The van der Waals surface area contributed by atoms with Crippen molar-refractivity contribution >= 4 is 88.6 Å². The van der Waals surface area contributed by atoms with Crippen molar-refractivity contribution in [3.05, 3.63) is 191 Å². The fourth-order valence-electron chi connectivity index (χ4n) is 14.5. The fourth-order valence-corrected chi connectivity index (χ4v) is 14.7. The highest BCUT2D eigenvalue weighted by atomic mass is 35.5. The van der Waals surface area contributed by atoms with Gasteiger partial charge in [-0.2, -0.15) is 13.2 Å². The number of carbonyl (C=O) groups is 12. The molecule has 14 atom stereocenters. The Labute approximate surface area is 635 Å². The van der Waals surface area contributed by atoms with Crippen LogP contribution in [0.5, 0.6) is 0 Å². The van der Waals surface area contributed by atoms with Crippen LogP contribution >= 0.6 is 11.6 Å². The highest BCUT2D eigenvalue weighted by Gasteiger charge is 2.78. The van der Waals surface area contributed by atoms with Gasteiger partial charge in [0.15, 0.2) is 29.2 Å². The summed E-state index contributed by atoms with van der Waals surface area (Å²) in [6, 6.07) is 35.2. The second-order valence-electron chi connectivity index (χ2n) is 27.8. The highest BCUT2D eigenvalue weighted by Crippen LogP contribution is 2.64. The lowest BCUT2D eigenvalue weighted by molar-refractivity contribution is -0.346. The van der Waals surface area contributed by atoms with Crippen molar-refractivity contribution in [1.82, 2.24) is 21.3 Å². The first-order valence-corrected chi connectivity index (χ1v) is 35.6. The first-order valence-electron chi connectivity index (χ1n) is 35.1. The molecule has 1 aliphatic heterocycles. The number of nitrogens with zero attached hydrogens (tertiary/aromatic N) is 1. The summed E-state index contributed by atoms with van der Waals surface area (Å²) in [5.74, 6) is -15.2. The Morgan fingerprint density at radius 3 is 1.72 bits per heavy atom. The van der Waals surface area contributed by atoms with Crippen LogP contribution in [0.15, 0.2) is 168 Å². The van der Waals surface area contributed by atoms with Crippen LogP contribution < -0.4 is 32.7 Å². The number of hydrogen-bond donors (Lipinski definition) is 9. The SMILES string of the molecule is CC(=O)O[C@H]1C(=O)[C@@]2(C)[C@H]([C@H](OC(=O)c3ccccc3)[C@]3(O)C[C@H](OC(=O)[C@H](OC(=O)CCC(=O)N[C@@H](Cc4ccccc4)C(=O)N[C@@H](Cc4ccccc4)C(=O)N[C@@H](CCCN=C(N)N)C(=O)CCl)[C@@H](NC(=O)c4ccccc4)c4ccccc4)C(C)=C1C3(C)C)[C@]1(OC(C)=O)CO[C@@H]1C[C@@H]2O.O=C(O)C(F)(F)F. The number of nitrogens with one attached hydrogen (secondary N) is 4. The van der Waals surface area contributed by atoms with Gasteiger partial charge in [0.05, 0.1) is 47.9 Å². The maximum Gasteiger partial charge on any atom is 0.490 e. The number of rotatable bonds is 29. The van der Waals surface area contributed by atoms with E-state index in [0.29, 0.717) is 11.1 Å². The molecule has 1 heterocycles. The second kappa shape index (κ2) is 36.5. The summed E-state index contributed by atoms with van der Waals surface area (Å²) in [6.07, 6.45) is -18.1. The minimum Gasteiger partial charge on any atom is -0.475 e. The first-order chi connectivity index (χ1) is 52.0. The number of Topliss-reactive ketones (excluding diaryl/α,β-unsaturated/α-hetero) is 2. The zero-order valence-electron chi connectivity index (χ0n) is 60.9. The summed E-state index contributed by atoms with van der Waals surface area (Å²) in [5, 5.41) is 44.7. The van der Waals surface area contributed by atoms with E-state index in [1.165, 1.54) is 64.1 Å². The standard InChI is InChI=1S/C76H86ClN7O19.C2HF3O2/c1-43-55(40-76(97)66(102-70(95)50-31-20-11-21-32-50)64-74(6,56(88)39-57-75(64,42-98-57)103-45(3)86)65(91)62(99-44(2)85)60(43)73(76,4)5)100-71(96)63(61(48-27-16-9-17-28-48)84-67(92)49-29-18-10-19-30-49)101-59(90)35-34-58(89)81-52(37-46-23-12-7-13-24-46)68(93)83-53(38-47-25-14-8-15-26-47)69(94)82-51(54(87)41-77)33-22-36-80-72(78)79;3-2(4,5)1(6)7/h7-21,23-32,51-53,55-57,61-64,66,88,97H,22,33-42H2,1-6H3,(H,81,89)(H,82,94)(H,83,93)(H,84,92)(H4,78,79,80);(H,6,7)/t51-,52-,53-,55-,56-,57+,61-,62+,63+,64-,66-,74+,75-,76+;/m0./s1. The van der Waals surface area contributed by atoms with Crippen molar-refractivity contribution in [2.75, 3.05) is 19.0 Å². The number of benzene rings is 5. The lowest BCUT2D eigenvalue weighted by atomic mass is 9.44. The van der Waals surface area contributed by atoms with Crippen LogP contribution in [-0.2, 0) is 89.2 Å². The van der Waals surface area contributed by atoms with Gasteiger partial charge in [0.2, 0.25) is 23.8 Å². The van der Waals surface area contributed by atoms with E-state index in [1.807, 2.05) is 0 Å². The molecule has 0 spiro atoms.